The van der Waals surface area contributed by atoms with Crippen molar-refractivity contribution in [2.75, 3.05) is 13.6 Å². The van der Waals surface area contributed by atoms with Crippen molar-refractivity contribution < 1.29 is 4.39 Å². The Morgan fingerprint density at radius 3 is 2.69 bits per heavy atom. The second-order valence-corrected chi connectivity index (χ2v) is 4.17. The number of nitrogens with zero attached hydrogens (tertiary/aromatic N) is 1. The predicted molar refractivity (Wildman–Crippen MR) is 68.6 cm³/mol. The molecule has 0 heterocycles. The van der Waals surface area contributed by atoms with Gasteiger partial charge in [0.1, 0.15) is 5.82 Å². The molecule has 2 N–H and O–H groups in total. The van der Waals surface area contributed by atoms with Crippen LogP contribution in [0.2, 0.25) is 5.02 Å². The Morgan fingerprint density at radius 2 is 2.12 bits per heavy atom. The Kier molecular flexibility index (Phi) is 6.91. The van der Waals surface area contributed by atoms with Crippen molar-refractivity contribution in [2.24, 2.45) is 5.73 Å². The molecule has 0 saturated heterocycles. The van der Waals surface area contributed by atoms with Crippen molar-refractivity contribution in [1.29, 1.82) is 0 Å². The summed E-state index contributed by atoms with van der Waals surface area (Å²) in [7, 11) is 1.91. The molecule has 2 nitrogen and oxygen atoms in total. The molecular formula is C11H17Cl2FN2. The normalized spacial score (nSPS) is 12.4. The van der Waals surface area contributed by atoms with Gasteiger partial charge in [0.05, 0.1) is 0 Å². The van der Waals surface area contributed by atoms with Crippen LogP contribution in [0.4, 0.5) is 4.39 Å². The Morgan fingerprint density at radius 1 is 1.50 bits per heavy atom. The van der Waals surface area contributed by atoms with E-state index in [0.717, 1.165) is 0 Å². The zero-order valence-corrected chi connectivity index (χ0v) is 11.0. The summed E-state index contributed by atoms with van der Waals surface area (Å²) in [4.78, 5) is 1.99. The lowest BCUT2D eigenvalue weighted by Gasteiger charge is -2.23. The fraction of sp³-hybridized carbons (Fsp3) is 0.455. The molecule has 92 valence electrons. The summed E-state index contributed by atoms with van der Waals surface area (Å²) in [5.41, 5.74) is 6.14. The highest BCUT2D eigenvalue weighted by molar-refractivity contribution is 6.30. The maximum Gasteiger partial charge on any atom is 0.127 e. The second-order valence-electron chi connectivity index (χ2n) is 3.74. The summed E-state index contributed by atoms with van der Waals surface area (Å²) in [5.74, 6) is -0.226. The maximum absolute atomic E-state index is 13.4. The summed E-state index contributed by atoms with van der Waals surface area (Å²) in [6.45, 7) is 3.08. The van der Waals surface area contributed by atoms with Crippen LogP contribution in [0, 0.1) is 5.82 Å². The Balaban J connectivity index is 0.00000225. The largest absolute Gasteiger partial charge is 0.329 e. The third-order valence-corrected chi connectivity index (χ3v) is 2.76. The molecule has 1 aromatic carbocycles. The van der Waals surface area contributed by atoms with Crippen molar-refractivity contribution in [3.63, 3.8) is 0 Å². The van der Waals surface area contributed by atoms with Crippen molar-refractivity contribution in [3.8, 4) is 0 Å². The van der Waals surface area contributed by atoms with E-state index in [-0.39, 0.29) is 24.3 Å². The molecule has 16 heavy (non-hydrogen) atoms. The molecule has 1 atom stereocenters. The minimum absolute atomic E-state index is 0. The predicted octanol–water partition coefficient (Wildman–Crippen LogP) is 2.68. The number of hydrogen-bond donors (Lipinski definition) is 1. The van der Waals surface area contributed by atoms with Crippen LogP contribution in [-0.2, 0) is 6.54 Å². The van der Waals surface area contributed by atoms with Crippen LogP contribution in [0.25, 0.3) is 0 Å². The highest BCUT2D eigenvalue weighted by atomic mass is 35.5. The molecule has 1 rings (SSSR count). The topological polar surface area (TPSA) is 29.3 Å². The van der Waals surface area contributed by atoms with Crippen molar-refractivity contribution in [3.05, 3.63) is 34.6 Å². The standard InChI is InChI=1S/C11H16ClFN2.ClH/c1-8(6-14)15(2)7-9-5-10(12)3-4-11(9)13;/h3-5,8H,6-7,14H2,1-2H3;1H. The summed E-state index contributed by atoms with van der Waals surface area (Å²) < 4.78 is 13.4. The van der Waals surface area contributed by atoms with Crippen LogP contribution in [0.3, 0.4) is 0 Å². The van der Waals surface area contributed by atoms with Crippen LogP contribution >= 0.6 is 24.0 Å². The summed E-state index contributed by atoms with van der Waals surface area (Å²) in [5, 5.41) is 0.556. The SMILES string of the molecule is CC(CN)N(C)Cc1cc(Cl)ccc1F.Cl. The number of rotatable bonds is 4. The molecule has 0 spiro atoms. The fourth-order valence-electron chi connectivity index (χ4n) is 1.27. The number of hydrogen-bond acceptors (Lipinski definition) is 2. The van der Waals surface area contributed by atoms with Crippen LogP contribution in [0.15, 0.2) is 18.2 Å². The van der Waals surface area contributed by atoms with E-state index in [1.165, 1.54) is 6.07 Å². The first kappa shape index (κ1) is 15.7. The molecule has 0 aliphatic heterocycles. The van der Waals surface area contributed by atoms with E-state index in [2.05, 4.69) is 0 Å². The van der Waals surface area contributed by atoms with Crippen LogP contribution < -0.4 is 5.73 Å². The zero-order chi connectivity index (χ0) is 11.4. The van der Waals surface area contributed by atoms with Gasteiger partial charge in [-0.05, 0) is 32.2 Å². The number of halogens is 3. The van der Waals surface area contributed by atoms with E-state index < -0.39 is 0 Å². The molecule has 0 amide bonds. The van der Waals surface area contributed by atoms with E-state index in [9.17, 15) is 4.39 Å². The van der Waals surface area contributed by atoms with Gasteiger partial charge in [-0.2, -0.15) is 0 Å². The third-order valence-electron chi connectivity index (χ3n) is 2.52. The van der Waals surface area contributed by atoms with Gasteiger partial charge >= 0.3 is 0 Å². The Bertz CT molecular complexity index is 334. The van der Waals surface area contributed by atoms with Crippen molar-refractivity contribution in [2.45, 2.75) is 19.5 Å². The highest BCUT2D eigenvalue weighted by Gasteiger charge is 2.10. The third kappa shape index (κ3) is 4.26. The minimum Gasteiger partial charge on any atom is -0.329 e. The Hall–Kier alpha value is -0.350. The summed E-state index contributed by atoms with van der Waals surface area (Å²) >= 11 is 5.80. The lowest BCUT2D eigenvalue weighted by atomic mass is 10.2. The van der Waals surface area contributed by atoms with Gasteiger partial charge in [-0.15, -0.1) is 12.4 Å². The minimum atomic E-state index is -0.226. The van der Waals surface area contributed by atoms with Crippen LogP contribution in [-0.4, -0.2) is 24.5 Å². The second kappa shape index (κ2) is 7.07. The van der Waals surface area contributed by atoms with Gasteiger partial charge in [0.25, 0.3) is 0 Å². The van der Waals surface area contributed by atoms with E-state index >= 15 is 0 Å². The van der Waals surface area contributed by atoms with Gasteiger partial charge < -0.3 is 5.73 Å². The molecule has 5 heteroatoms. The molecule has 0 fully saturated rings. The first-order chi connectivity index (χ1) is 7.04. The summed E-state index contributed by atoms with van der Waals surface area (Å²) in [6, 6.07) is 4.81. The quantitative estimate of drug-likeness (QED) is 0.908. The molecule has 0 aliphatic carbocycles. The molecule has 1 aromatic rings. The van der Waals surface area contributed by atoms with Crippen LogP contribution in [0.1, 0.15) is 12.5 Å². The smallest absolute Gasteiger partial charge is 0.127 e. The molecule has 0 aromatic heterocycles. The molecular weight excluding hydrogens is 250 g/mol. The number of nitrogens with two attached hydrogens (primary N) is 1. The van der Waals surface area contributed by atoms with Gasteiger partial charge in [0.2, 0.25) is 0 Å². The maximum atomic E-state index is 13.4. The van der Waals surface area contributed by atoms with E-state index in [0.29, 0.717) is 23.7 Å². The molecule has 1 unspecified atom stereocenters. The van der Waals surface area contributed by atoms with E-state index in [1.807, 2.05) is 18.9 Å². The van der Waals surface area contributed by atoms with Gasteiger partial charge in [-0.1, -0.05) is 11.6 Å². The van der Waals surface area contributed by atoms with E-state index in [4.69, 9.17) is 17.3 Å². The average Bonchev–Trinajstić information content (AvgIpc) is 2.22. The lowest BCUT2D eigenvalue weighted by molar-refractivity contribution is 0.251. The molecule has 0 saturated carbocycles. The van der Waals surface area contributed by atoms with E-state index in [1.54, 1.807) is 12.1 Å². The van der Waals surface area contributed by atoms with Crippen molar-refractivity contribution in [1.82, 2.24) is 4.90 Å². The summed E-state index contributed by atoms with van der Waals surface area (Å²) in [6.07, 6.45) is 0. The lowest BCUT2D eigenvalue weighted by Crippen LogP contribution is -2.34. The number of likely N-dealkylation sites (N-methyl/N-ethyl adjacent to an activating group) is 1. The van der Waals surface area contributed by atoms with Gasteiger partial charge in [-0.3, -0.25) is 4.90 Å². The number of benzene rings is 1. The first-order valence-electron chi connectivity index (χ1n) is 4.89. The van der Waals surface area contributed by atoms with Gasteiger partial charge in [0, 0.05) is 29.7 Å². The highest BCUT2D eigenvalue weighted by Crippen LogP contribution is 2.16. The van der Waals surface area contributed by atoms with Crippen molar-refractivity contribution >= 4 is 24.0 Å². The molecule has 0 radical (unpaired) electrons. The molecule has 0 bridgehead atoms. The molecule has 0 aliphatic rings. The van der Waals surface area contributed by atoms with Gasteiger partial charge in [-0.25, -0.2) is 4.39 Å². The van der Waals surface area contributed by atoms with Crippen LogP contribution in [0.5, 0.6) is 0 Å². The first-order valence-corrected chi connectivity index (χ1v) is 5.26. The average molecular weight is 267 g/mol. The van der Waals surface area contributed by atoms with Gasteiger partial charge in [0.15, 0.2) is 0 Å². The zero-order valence-electron chi connectivity index (χ0n) is 9.41. The Labute approximate surface area is 107 Å². The fourth-order valence-corrected chi connectivity index (χ4v) is 1.46. The monoisotopic (exact) mass is 266 g/mol.